The van der Waals surface area contributed by atoms with Gasteiger partial charge in [0, 0.05) is 30.3 Å². The minimum Gasteiger partial charge on any atom is -0.497 e. The molecule has 0 aromatic heterocycles. The number of para-hydroxylation sites is 1. The first kappa shape index (κ1) is 21.2. The Balaban J connectivity index is 2.14. The zero-order chi connectivity index (χ0) is 20.4. The number of nitrogens with one attached hydrogen (secondary N) is 2. The highest BCUT2D eigenvalue weighted by Gasteiger charge is 2.10. The van der Waals surface area contributed by atoms with E-state index in [1.807, 2.05) is 43.3 Å². The van der Waals surface area contributed by atoms with Crippen LogP contribution in [-0.4, -0.2) is 40.9 Å². The van der Waals surface area contributed by atoms with Crippen LogP contribution in [0.25, 0.3) is 0 Å². The average molecular weight is 387 g/mol. The molecule has 0 aliphatic rings. The number of guanidine groups is 1. The summed E-state index contributed by atoms with van der Waals surface area (Å²) >= 11 is 0. The van der Waals surface area contributed by atoms with Crippen molar-refractivity contribution in [1.82, 2.24) is 10.6 Å². The van der Waals surface area contributed by atoms with Gasteiger partial charge in [-0.2, -0.15) is 0 Å². The molecule has 28 heavy (non-hydrogen) atoms. The highest BCUT2D eigenvalue weighted by molar-refractivity contribution is 5.79. The molecule has 2 aromatic carbocycles. The second-order valence-corrected chi connectivity index (χ2v) is 5.88. The van der Waals surface area contributed by atoms with Crippen LogP contribution in [0.2, 0.25) is 0 Å². The van der Waals surface area contributed by atoms with Crippen molar-refractivity contribution in [3.63, 3.8) is 0 Å². The normalized spacial score (nSPS) is 11.0. The van der Waals surface area contributed by atoms with Crippen LogP contribution in [-0.2, 0) is 13.1 Å². The van der Waals surface area contributed by atoms with E-state index in [1.165, 1.54) is 0 Å². The Morgan fingerprint density at radius 1 is 0.857 bits per heavy atom. The molecule has 0 unspecified atom stereocenters. The second kappa shape index (κ2) is 10.9. The molecule has 0 aliphatic carbocycles. The number of rotatable bonds is 9. The summed E-state index contributed by atoms with van der Waals surface area (Å²) in [4.78, 5) is 4.67. The summed E-state index contributed by atoms with van der Waals surface area (Å²) in [5.41, 5.74) is 1.95. The van der Waals surface area contributed by atoms with Crippen molar-refractivity contribution in [2.45, 2.75) is 20.0 Å². The standard InChI is InChI=1S/C21H29N3O4/c1-6-22-21(23-13-15-10-11-17(25-2)12-19(15)27-4)24-14-16-8-7-9-18(26-3)20(16)28-5/h7-12H,6,13-14H2,1-5H3,(H2,22,23,24). The van der Waals surface area contributed by atoms with Crippen molar-refractivity contribution in [2.24, 2.45) is 4.99 Å². The first-order chi connectivity index (χ1) is 13.7. The highest BCUT2D eigenvalue weighted by Crippen LogP contribution is 2.31. The maximum absolute atomic E-state index is 5.48. The quantitative estimate of drug-likeness (QED) is 0.509. The van der Waals surface area contributed by atoms with Crippen LogP contribution in [0.4, 0.5) is 0 Å². The average Bonchev–Trinajstić information content (AvgIpc) is 2.74. The zero-order valence-corrected chi connectivity index (χ0v) is 17.2. The summed E-state index contributed by atoms with van der Waals surface area (Å²) in [6, 6.07) is 11.5. The van der Waals surface area contributed by atoms with Gasteiger partial charge in [0.1, 0.15) is 11.5 Å². The molecule has 0 fully saturated rings. The Labute approximate surface area is 166 Å². The fourth-order valence-electron chi connectivity index (χ4n) is 2.76. The molecule has 0 saturated heterocycles. The van der Waals surface area contributed by atoms with Crippen LogP contribution < -0.4 is 29.6 Å². The van der Waals surface area contributed by atoms with Gasteiger partial charge in [-0.1, -0.05) is 12.1 Å². The van der Waals surface area contributed by atoms with E-state index >= 15 is 0 Å². The van der Waals surface area contributed by atoms with E-state index in [9.17, 15) is 0 Å². The van der Waals surface area contributed by atoms with Crippen molar-refractivity contribution in [1.29, 1.82) is 0 Å². The minimum absolute atomic E-state index is 0.454. The first-order valence-electron chi connectivity index (χ1n) is 9.09. The Hall–Kier alpha value is -3.09. The van der Waals surface area contributed by atoms with Crippen LogP contribution in [0.1, 0.15) is 18.1 Å². The van der Waals surface area contributed by atoms with E-state index in [4.69, 9.17) is 18.9 Å². The van der Waals surface area contributed by atoms with Crippen molar-refractivity contribution < 1.29 is 18.9 Å². The Kier molecular flexibility index (Phi) is 8.27. The molecular formula is C21H29N3O4. The van der Waals surface area contributed by atoms with Crippen molar-refractivity contribution in [3.05, 3.63) is 47.5 Å². The largest absolute Gasteiger partial charge is 0.497 e. The predicted molar refractivity (Wildman–Crippen MR) is 111 cm³/mol. The minimum atomic E-state index is 0.454. The smallest absolute Gasteiger partial charge is 0.191 e. The first-order valence-corrected chi connectivity index (χ1v) is 9.09. The van der Waals surface area contributed by atoms with Gasteiger partial charge in [-0.15, -0.1) is 0 Å². The fraction of sp³-hybridized carbons (Fsp3) is 0.381. The Morgan fingerprint density at radius 3 is 2.29 bits per heavy atom. The van der Waals surface area contributed by atoms with E-state index in [0.29, 0.717) is 30.5 Å². The number of ether oxygens (including phenoxy) is 4. The van der Waals surface area contributed by atoms with Crippen molar-refractivity contribution >= 4 is 5.96 Å². The van der Waals surface area contributed by atoms with E-state index in [1.54, 1.807) is 28.4 Å². The maximum atomic E-state index is 5.48. The molecule has 0 bridgehead atoms. The third-order valence-electron chi connectivity index (χ3n) is 4.18. The predicted octanol–water partition coefficient (Wildman–Crippen LogP) is 2.98. The molecule has 0 aliphatic heterocycles. The lowest BCUT2D eigenvalue weighted by atomic mass is 10.2. The second-order valence-electron chi connectivity index (χ2n) is 5.88. The maximum Gasteiger partial charge on any atom is 0.191 e. The summed E-state index contributed by atoms with van der Waals surface area (Å²) in [5, 5.41) is 6.58. The van der Waals surface area contributed by atoms with E-state index < -0.39 is 0 Å². The summed E-state index contributed by atoms with van der Waals surface area (Å²) in [6.45, 7) is 3.79. The highest BCUT2D eigenvalue weighted by atomic mass is 16.5. The molecule has 0 heterocycles. The van der Waals surface area contributed by atoms with Crippen molar-refractivity contribution in [2.75, 3.05) is 35.0 Å². The van der Waals surface area contributed by atoms with Gasteiger partial charge < -0.3 is 29.6 Å². The topological polar surface area (TPSA) is 73.3 Å². The third kappa shape index (κ3) is 5.45. The van der Waals surface area contributed by atoms with Crippen LogP contribution in [0.5, 0.6) is 23.0 Å². The monoisotopic (exact) mass is 387 g/mol. The summed E-state index contributed by atoms with van der Waals surface area (Å²) in [6.07, 6.45) is 0. The SMILES string of the molecule is CCNC(=NCc1cccc(OC)c1OC)NCc1ccc(OC)cc1OC. The van der Waals surface area contributed by atoms with Crippen LogP contribution in [0, 0.1) is 0 Å². The lowest BCUT2D eigenvalue weighted by Crippen LogP contribution is -2.36. The number of benzene rings is 2. The summed E-state index contributed by atoms with van der Waals surface area (Å²) < 4.78 is 21.5. The van der Waals surface area contributed by atoms with Gasteiger partial charge in [0.25, 0.3) is 0 Å². The van der Waals surface area contributed by atoms with Gasteiger partial charge in [0.15, 0.2) is 17.5 Å². The Morgan fingerprint density at radius 2 is 1.64 bits per heavy atom. The van der Waals surface area contributed by atoms with Crippen molar-refractivity contribution in [3.8, 4) is 23.0 Å². The van der Waals surface area contributed by atoms with E-state index in [-0.39, 0.29) is 0 Å². The van der Waals surface area contributed by atoms with Crippen LogP contribution in [0.3, 0.4) is 0 Å². The molecule has 7 heteroatoms. The molecule has 0 amide bonds. The molecular weight excluding hydrogens is 358 g/mol. The molecule has 0 saturated carbocycles. The van der Waals surface area contributed by atoms with Gasteiger partial charge in [-0.3, -0.25) is 0 Å². The van der Waals surface area contributed by atoms with E-state index in [0.717, 1.165) is 29.2 Å². The molecule has 0 radical (unpaired) electrons. The van der Waals surface area contributed by atoms with Gasteiger partial charge in [-0.05, 0) is 25.1 Å². The number of methoxy groups -OCH3 is 4. The molecule has 2 aromatic rings. The fourth-order valence-corrected chi connectivity index (χ4v) is 2.76. The zero-order valence-electron chi connectivity index (χ0n) is 17.2. The van der Waals surface area contributed by atoms with Gasteiger partial charge >= 0.3 is 0 Å². The molecule has 7 nitrogen and oxygen atoms in total. The summed E-state index contributed by atoms with van der Waals surface area (Å²) in [5.74, 6) is 3.60. The molecule has 0 spiro atoms. The van der Waals surface area contributed by atoms with Crippen LogP contribution in [0.15, 0.2) is 41.4 Å². The number of nitrogens with zero attached hydrogens (tertiary/aromatic N) is 1. The van der Waals surface area contributed by atoms with E-state index in [2.05, 4.69) is 15.6 Å². The number of hydrogen-bond donors (Lipinski definition) is 2. The third-order valence-corrected chi connectivity index (χ3v) is 4.18. The van der Waals surface area contributed by atoms with Crippen LogP contribution >= 0.6 is 0 Å². The van der Waals surface area contributed by atoms with Gasteiger partial charge in [0.2, 0.25) is 0 Å². The van der Waals surface area contributed by atoms with Gasteiger partial charge in [0.05, 0.1) is 35.0 Å². The number of hydrogen-bond acceptors (Lipinski definition) is 5. The molecule has 152 valence electrons. The number of aliphatic imine (C=N–C) groups is 1. The van der Waals surface area contributed by atoms with Gasteiger partial charge in [-0.25, -0.2) is 4.99 Å². The summed E-state index contributed by atoms with van der Waals surface area (Å²) in [7, 11) is 6.53. The molecule has 0 atom stereocenters. The Bertz CT molecular complexity index is 793. The molecule has 2 rings (SSSR count). The molecule has 2 N–H and O–H groups in total. The lowest BCUT2D eigenvalue weighted by molar-refractivity contribution is 0.352. The lowest BCUT2D eigenvalue weighted by Gasteiger charge is -2.15.